The molecular formula is C14H21NO2. The summed E-state index contributed by atoms with van der Waals surface area (Å²) >= 11 is 0. The molecule has 2 rings (SSSR count). The molecule has 0 unspecified atom stereocenters. The number of aromatic nitrogens is 1. The van der Waals surface area contributed by atoms with E-state index in [2.05, 4.69) is 24.6 Å². The molecule has 0 aliphatic heterocycles. The van der Waals surface area contributed by atoms with Crippen LogP contribution >= 0.6 is 0 Å². The van der Waals surface area contributed by atoms with E-state index in [0.29, 0.717) is 12.2 Å². The monoisotopic (exact) mass is 235 g/mol. The van der Waals surface area contributed by atoms with Crippen molar-refractivity contribution in [2.45, 2.75) is 51.7 Å². The summed E-state index contributed by atoms with van der Waals surface area (Å²) < 4.78 is 7.54. The maximum absolute atomic E-state index is 11.7. The molecule has 17 heavy (non-hydrogen) atoms. The molecule has 0 saturated heterocycles. The van der Waals surface area contributed by atoms with Gasteiger partial charge in [-0.1, -0.05) is 0 Å². The zero-order chi connectivity index (χ0) is 12.5. The first-order chi connectivity index (χ1) is 8.02. The largest absolute Gasteiger partial charge is 0.379 e. The van der Waals surface area contributed by atoms with Gasteiger partial charge in [-0.3, -0.25) is 4.79 Å². The summed E-state index contributed by atoms with van der Waals surface area (Å²) in [4.78, 5) is 11.7. The zero-order valence-corrected chi connectivity index (χ0v) is 11.0. The van der Waals surface area contributed by atoms with Gasteiger partial charge in [0.05, 0.1) is 5.60 Å². The molecule has 0 aromatic carbocycles. The van der Waals surface area contributed by atoms with E-state index >= 15 is 0 Å². The van der Waals surface area contributed by atoms with Crippen LogP contribution in [0.1, 0.15) is 49.0 Å². The van der Waals surface area contributed by atoms with Crippen molar-refractivity contribution in [1.82, 2.24) is 4.57 Å². The van der Waals surface area contributed by atoms with Gasteiger partial charge >= 0.3 is 0 Å². The number of hydrogen-bond acceptors (Lipinski definition) is 2. The number of ketones is 1. The van der Waals surface area contributed by atoms with E-state index in [1.807, 2.05) is 6.20 Å². The van der Waals surface area contributed by atoms with Crippen molar-refractivity contribution in [3.05, 3.63) is 23.5 Å². The summed E-state index contributed by atoms with van der Waals surface area (Å²) in [5.41, 5.74) is 2.05. The van der Waals surface area contributed by atoms with Crippen molar-refractivity contribution in [2.75, 3.05) is 7.11 Å². The van der Waals surface area contributed by atoms with Crippen molar-refractivity contribution < 1.29 is 9.53 Å². The molecule has 0 atom stereocenters. The van der Waals surface area contributed by atoms with Crippen molar-refractivity contribution in [1.29, 1.82) is 0 Å². The zero-order valence-electron chi connectivity index (χ0n) is 11.0. The maximum Gasteiger partial charge on any atom is 0.164 e. The standard InChI is InChI=1S/C14H21NO2/c1-14(2,17-3)7-8-15-9-11-5-4-6-13(16)12(11)10-15/h9-10H,4-8H2,1-3H3. The number of carbonyl (C=O) groups excluding carboxylic acids is 1. The molecule has 1 aliphatic rings. The van der Waals surface area contributed by atoms with E-state index < -0.39 is 0 Å². The number of hydrogen-bond donors (Lipinski definition) is 0. The van der Waals surface area contributed by atoms with Crippen LogP contribution < -0.4 is 0 Å². The van der Waals surface area contributed by atoms with Crippen LogP contribution in [0.5, 0.6) is 0 Å². The third-order valence-corrected chi connectivity index (χ3v) is 3.64. The van der Waals surface area contributed by atoms with Crippen LogP contribution in [0.3, 0.4) is 0 Å². The first kappa shape index (κ1) is 12.4. The van der Waals surface area contributed by atoms with Crippen molar-refractivity contribution >= 4 is 5.78 Å². The topological polar surface area (TPSA) is 31.2 Å². The Morgan fingerprint density at radius 1 is 1.35 bits per heavy atom. The molecule has 0 fully saturated rings. The highest BCUT2D eigenvalue weighted by atomic mass is 16.5. The van der Waals surface area contributed by atoms with Crippen LogP contribution in [-0.2, 0) is 17.7 Å². The molecule has 0 saturated carbocycles. The smallest absolute Gasteiger partial charge is 0.164 e. The number of fused-ring (bicyclic) bond motifs is 1. The minimum atomic E-state index is -0.102. The summed E-state index contributed by atoms with van der Waals surface area (Å²) in [6.07, 6.45) is 7.83. The number of ether oxygens (including phenoxy) is 1. The molecule has 1 heterocycles. The van der Waals surface area contributed by atoms with Gasteiger partial charge in [0.15, 0.2) is 5.78 Å². The molecular weight excluding hydrogens is 214 g/mol. The molecule has 1 aromatic rings. The van der Waals surface area contributed by atoms with Gasteiger partial charge in [0.2, 0.25) is 0 Å². The van der Waals surface area contributed by atoms with Crippen LogP contribution in [0.15, 0.2) is 12.4 Å². The van der Waals surface area contributed by atoms with Crippen LogP contribution in [0.2, 0.25) is 0 Å². The van der Waals surface area contributed by atoms with Gasteiger partial charge in [-0.15, -0.1) is 0 Å². The molecule has 1 aliphatic carbocycles. The fraction of sp³-hybridized carbons (Fsp3) is 0.643. The van der Waals surface area contributed by atoms with Crippen molar-refractivity contribution in [3.8, 4) is 0 Å². The predicted octanol–water partition coefficient (Wildman–Crippen LogP) is 2.82. The number of rotatable bonds is 4. The average Bonchev–Trinajstić information content (AvgIpc) is 2.71. The van der Waals surface area contributed by atoms with Gasteiger partial charge in [0.1, 0.15) is 0 Å². The van der Waals surface area contributed by atoms with E-state index in [1.165, 1.54) is 5.56 Å². The van der Waals surface area contributed by atoms with Crippen LogP contribution in [0.25, 0.3) is 0 Å². The second-order valence-corrected chi connectivity index (χ2v) is 5.43. The Morgan fingerprint density at radius 3 is 2.76 bits per heavy atom. The Kier molecular flexibility index (Phi) is 3.38. The fourth-order valence-corrected chi connectivity index (χ4v) is 2.21. The maximum atomic E-state index is 11.7. The van der Waals surface area contributed by atoms with Gasteiger partial charge in [-0.25, -0.2) is 0 Å². The molecule has 0 spiro atoms. The molecule has 1 aromatic heterocycles. The molecule has 3 nitrogen and oxygen atoms in total. The third-order valence-electron chi connectivity index (χ3n) is 3.64. The Hall–Kier alpha value is -1.09. The Balaban J connectivity index is 2.06. The summed E-state index contributed by atoms with van der Waals surface area (Å²) in [7, 11) is 1.74. The van der Waals surface area contributed by atoms with Gasteiger partial charge in [0, 0.05) is 38.0 Å². The van der Waals surface area contributed by atoms with Crippen LogP contribution in [-0.4, -0.2) is 23.1 Å². The highest BCUT2D eigenvalue weighted by Crippen LogP contribution is 2.23. The first-order valence-electron chi connectivity index (χ1n) is 6.29. The molecule has 3 heteroatoms. The van der Waals surface area contributed by atoms with Gasteiger partial charge < -0.3 is 9.30 Å². The number of carbonyl (C=O) groups is 1. The molecule has 0 N–H and O–H groups in total. The van der Waals surface area contributed by atoms with Crippen LogP contribution in [0, 0.1) is 0 Å². The van der Waals surface area contributed by atoms with Crippen molar-refractivity contribution in [2.24, 2.45) is 0 Å². The fourth-order valence-electron chi connectivity index (χ4n) is 2.21. The minimum absolute atomic E-state index is 0.102. The molecule has 0 bridgehead atoms. The number of Topliss-reactive ketones (excluding diaryl/α,β-unsaturated/α-hetero) is 1. The Bertz CT molecular complexity index is 418. The lowest BCUT2D eigenvalue weighted by Gasteiger charge is -2.22. The lowest BCUT2D eigenvalue weighted by atomic mass is 9.95. The van der Waals surface area contributed by atoms with E-state index in [4.69, 9.17) is 4.74 Å². The van der Waals surface area contributed by atoms with E-state index in [0.717, 1.165) is 31.4 Å². The van der Waals surface area contributed by atoms with Crippen molar-refractivity contribution in [3.63, 3.8) is 0 Å². The summed E-state index contributed by atoms with van der Waals surface area (Å²) in [5, 5.41) is 0. The number of nitrogens with zero attached hydrogens (tertiary/aromatic N) is 1. The Labute approximate surface area is 103 Å². The molecule has 0 radical (unpaired) electrons. The summed E-state index contributed by atoms with van der Waals surface area (Å²) in [6, 6.07) is 0. The highest BCUT2D eigenvalue weighted by molar-refractivity contribution is 5.98. The second kappa shape index (κ2) is 4.65. The van der Waals surface area contributed by atoms with Gasteiger partial charge in [-0.05, 0) is 38.7 Å². The lowest BCUT2D eigenvalue weighted by molar-refractivity contribution is 0.0120. The normalized spacial score (nSPS) is 16.1. The number of aryl methyl sites for hydroxylation is 2. The van der Waals surface area contributed by atoms with Gasteiger partial charge in [0.25, 0.3) is 0 Å². The highest BCUT2D eigenvalue weighted by Gasteiger charge is 2.20. The predicted molar refractivity (Wildman–Crippen MR) is 67.4 cm³/mol. The second-order valence-electron chi connectivity index (χ2n) is 5.43. The van der Waals surface area contributed by atoms with E-state index in [9.17, 15) is 4.79 Å². The molecule has 94 valence electrons. The average molecular weight is 235 g/mol. The minimum Gasteiger partial charge on any atom is -0.379 e. The van der Waals surface area contributed by atoms with E-state index in [-0.39, 0.29) is 5.60 Å². The van der Waals surface area contributed by atoms with Crippen LogP contribution in [0.4, 0.5) is 0 Å². The lowest BCUT2D eigenvalue weighted by Crippen LogP contribution is -2.24. The summed E-state index contributed by atoms with van der Waals surface area (Å²) in [5.74, 6) is 0.302. The first-order valence-corrected chi connectivity index (χ1v) is 6.29. The van der Waals surface area contributed by atoms with Gasteiger partial charge in [-0.2, -0.15) is 0 Å². The molecule has 0 amide bonds. The Morgan fingerprint density at radius 2 is 2.12 bits per heavy atom. The van der Waals surface area contributed by atoms with E-state index in [1.54, 1.807) is 7.11 Å². The quantitative estimate of drug-likeness (QED) is 0.803. The summed E-state index contributed by atoms with van der Waals surface area (Å²) in [6.45, 7) is 5.07. The third kappa shape index (κ3) is 2.78. The SMILES string of the molecule is COC(C)(C)CCn1cc2c(c1)C(=O)CCC2. The number of methoxy groups -OCH3 is 1.